The minimum Gasteiger partial charge on any atom is -0.322 e. The van der Waals surface area contributed by atoms with Crippen molar-refractivity contribution in [3.63, 3.8) is 0 Å². The summed E-state index contributed by atoms with van der Waals surface area (Å²) in [7, 11) is 1.94. The smallest absolute Gasteiger partial charge is 0.259 e. The third-order valence-corrected chi connectivity index (χ3v) is 9.30. The number of fused-ring (bicyclic) bond motifs is 1. The molecule has 2 aliphatic rings. The first kappa shape index (κ1) is 27.4. The van der Waals surface area contributed by atoms with Crippen LogP contribution >= 0.6 is 11.6 Å². The summed E-state index contributed by atoms with van der Waals surface area (Å²) in [6.07, 6.45) is 12.5. The summed E-state index contributed by atoms with van der Waals surface area (Å²) in [5, 5.41) is 15.5. The summed E-state index contributed by atoms with van der Waals surface area (Å²) in [5.74, 6) is 0.641. The predicted octanol–water partition coefficient (Wildman–Crippen LogP) is 5.60. The number of benzene rings is 1. The lowest BCUT2D eigenvalue weighted by Crippen LogP contribution is -2.45. The number of amides is 1. The molecule has 0 atom stereocenters. The third-order valence-electron chi connectivity index (χ3n) is 9.02. The highest BCUT2D eigenvalue weighted by molar-refractivity contribution is 6.30. The molecule has 4 aromatic rings. The molecule has 0 aliphatic heterocycles. The predicted molar refractivity (Wildman–Crippen MR) is 159 cm³/mol. The second-order valence-corrected chi connectivity index (χ2v) is 12.6. The second kappa shape index (κ2) is 10.9. The van der Waals surface area contributed by atoms with E-state index in [0.717, 1.165) is 36.3 Å². The largest absolute Gasteiger partial charge is 0.322 e. The Kier molecular flexibility index (Phi) is 7.30. The number of imidazole rings is 1. The SMILES string of the molecule is [C-]#[N+]C1CC(Cc2nncn2C)(c2cccc(NC(=O)c3cc(CNCC4(C)CCCC4)cn4c(Cl)cnc34)c2)C1. The first-order valence-corrected chi connectivity index (χ1v) is 14.6. The average molecular weight is 571 g/mol. The van der Waals surface area contributed by atoms with Gasteiger partial charge in [0, 0.05) is 56.7 Å². The van der Waals surface area contributed by atoms with Crippen molar-refractivity contribution in [2.75, 3.05) is 11.9 Å². The number of carbonyl (C=O) groups is 1. The van der Waals surface area contributed by atoms with Crippen LogP contribution in [0.3, 0.4) is 0 Å². The van der Waals surface area contributed by atoms with Crippen molar-refractivity contribution in [2.24, 2.45) is 12.5 Å². The quantitative estimate of drug-likeness (QED) is 0.255. The van der Waals surface area contributed by atoms with Crippen molar-refractivity contribution < 1.29 is 4.79 Å². The van der Waals surface area contributed by atoms with E-state index in [-0.39, 0.29) is 17.4 Å². The van der Waals surface area contributed by atoms with E-state index in [4.69, 9.17) is 18.2 Å². The van der Waals surface area contributed by atoms with Gasteiger partial charge in [-0.25, -0.2) is 11.6 Å². The summed E-state index contributed by atoms with van der Waals surface area (Å²) in [4.78, 5) is 21.9. The molecule has 2 saturated carbocycles. The molecule has 9 nitrogen and oxygen atoms in total. The van der Waals surface area contributed by atoms with E-state index in [1.165, 1.54) is 25.7 Å². The van der Waals surface area contributed by atoms with Gasteiger partial charge < -0.3 is 20.0 Å². The zero-order valence-electron chi connectivity index (χ0n) is 23.5. The highest BCUT2D eigenvalue weighted by Gasteiger charge is 2.50. The minimum atomic E-state index is -0.242. The number of hydrogen-bond donors (Lipinski definition) is 2. The van der Waals surface area contributed by atoms with Gasteiger partial charge in [0.2, 0.25) is 6.04 Å². The zero-order valence-corrected chi connectivity index (χ0v) is 24.3. The Morgan fingerprint density at radius 2 is 2.05 bits per heavy atom. The van der Waals surface area contributed by atoms with E-state index >= 15 is 0 Å². The van der Waals surface area contributed by atoms with E-state index in [0.29, 0.717) is 40.4 Å². The highest BCUT2D eigenvalue weighted by atomic mass is 35.5. The molecule has 0 unspecified atom stereocenters. The Bertz CT molecular complexity index is 1620. The van der Waals surface area contributed by atoms with Gasteiger partial charge in [-0.1, -0.05) is 43.5 Å². The van der Waals surface area contributed by atoms with Gasteiger partial charge in [-0.2, -0.15) is 0 Å². The van der Waals surface area contributed by atoms with Crippen LogP contribution in [0, 0.1) is 12.0 Å². The number of nitrogens with one attached hydrogen (secondary N) is 2. The number of pyridine rings is 1. The third kappa shape index (κ3) is 5.46. The summed E-state index contributed by atoms with van der Waals surface area (Å²) < 4.78 is 3.70. The number of aryl methyl sites for hydroxylation is 1. The van der Waals surface area contributed by atoms with Crippen molar-refractivity contribution in [3.8, 4) is 0 Å². The second-order valence-electron chi connectivity index (χ2n) is 12.2. The van der Waals surface area contributed by atoms with Crippen molar-refractivity contribution >= 4 is 28.8 Å². The van der Waals surface area contributed by atoms with E-state index in [2.05, 4.69) is 43.7 Å². The minimum absolute atomic E-state index is 0.00690. The lowest BCUT2D eigenvalue weighted by atomic mass is 9.60. The molecule has 3 aromatic heterocycles. The number of aromatic nitrogens is 5. The Morgan fingerprint density at radius 1 is 1.24 bits per heavy atom. The van der Waals surface area contributed by atoms with E-state index in [1.54, 1.807) is 16.9 Å². The summed E-state index contributed by atoms with van der Waals surface area (Å²) in [6.45, 7) is 11.4. The molecule has 2 aliphatic carbocycles. The topological polar surface area (TPSA) is 93.5 Å². The molecule has 0 bridgehead atoms. The van der Waals surface area contributed by atoms with E-state index < -0.39 is 0 Å². The molecule has 2 N–H and O–H groups in total. The van der Waals surface area contributed by atoms with Gasteiger partial charge in [0.25, 0.3) is 5.91 Å². The molecule has 0 radical (unpaired) electrons. The van der Waals surface area contributed by atoms with Gasteiger partial charge in [0.1, 0.15) is 17.3 Å². The summed E-state index contributed by atoms with van der Waals surface area (Å²) in [6, 6.07) is 9.86. The lowest BCUT2D eigenvalue weighted by Gasteiger charge is -2.42. The van der Waals surface area contributed by atoms with Gasteiger partial charge >= 0.3 is 0 Å². The van der Waals surface area contributed by atoms with Crippen LogP contribution < -0.4 is 10.6 Å². The average Bonchev–Trinajstić information content (AvgIpc) is 3.66. The van der Waals surface area contributed by atoms with E-state index in [9.17, 15) is 4.79 Å². The monoisotopic (exact) mass is 570 g/mol. The van der Waals surface area contributed by atoms with Crippen LogP contribution in [0.1, 0.15) is 72.8 Å². The lowest BCUT2D eigenvalue weighted by molar-refractivity contribution is 0.102. The molecule has 212 valence electrons. The van der Waals surface area contributed by atoms with Crippen molar-refractivity contribution in [1.29, 1.82) is 0 Å². The van der Waals surface area contributed by atoms with Crippen LogP contribution in [-0.4, -0.2) is 42.6 Å². The van der Waals surface area contributed by atoms with Crippen LogP contribution in [0.25, 0.3) is 10.5 Å². The first-order valence-electron chi connectivity index (χ1n) is 14.3. The molecule has 0 spiro atoms. The first-order chi connectivity index (χ1) is 19.8. The van der Waals surface area contributed by atoms with Gasteiger partial charge in [-0.05, 0) is 47.6 Å². The fourth-order valence-electron chi connectivity index (χ4n) is 6.60. The number of anilines is 1. The van der Waals surface area contributed by atoms with Crippen molar-refractivity contribution in [2.45, 2.75) is 69.9 Å². The Hall–Kier alpha value is -3.74. The molecule has 41 heavy (non-hydrogen) atoms. The van der Waals surface area contributed by atoms with Crippen LogP contribution in [0.2, 0.25) is 5.15 Å². The van der Waals surface area contributed by atoms with Crippen molar-refractivity contribution in [3.05, 3.63) is 88.1 Å². The number of nitrogens with zero attached hydrogens (tertiary/aromatic N) is 6. The Morgan fingerprint density at radius 3 is 2.78 bits per heavy atom. The fraction of sp³-hybridized carbons (Fsp3) is 0.452. The van der Waals surface area contributed by atoms with Crippen LogP contribution in [-0.2, 0) is 25.4 Å². The van der Waals surface area contributed by atoms with Gasteiger partial charge in [0.15, 0.2) is 5.65 Å². The molecule has 1 aromatic carbocycles. The zero-order chi connectivity index (χ0) is 28.6. The van der Waals surface area contributed by atoms with E-state index in [1.807, 2.05) is 42.1 Å². The molecule has 10 heteroatoms. The molecule has 1 amide bonds. The standard InChI is InChI=1S/C31H35ClN8O/c1-30(9-4-5-10-30)19-34-16-21-11-25(28-35-17-26(32)40(28)18-21)29(41)37-23-8-6-7-22(12-23)31(13-24(14-31)33-2)15-27-38-36-20-39(27)3/h6-8,11-12,17-18,20,24,34H,4-5,9-10,13-16,19H2,1,3H3,(H,37,41). The fourth-order valence-corrected chi connectivity index (χ4v) is 6.78. The molecular weight excluding hydrogens is 536 g/mol. The summed E-state index contributed by atoms with van der Waals surface area (Å²) in [5.41, 5.74) is 3.87. The van der Waals surface area contributed by atoms with Crippen LogP contribution in [0.4, 0.5) is 5.69 Å². The van der Waals surface area contributed by atoms with Gasteiger partial charge in [-0.15, -0.1) is 10.2 Å². The van der Waals surface area contributed by atoms with Crippen molar-refractivity contribution in [1.82, 2.24) is 29.5 Å². The molecule has 0 saturated heterocycles. The Balaban J connectivity index is 1.23. The number of carbonyl (C=O) groups excluding carboxylic acids is 1. The van der Waals surface area contributed by atoms with Crippen LogP contribution in [0.5, 0.6) is 0 Å². The maximum Gasteiger partial charge on any atom is 0.259 e. The molecule has 3 heterocycles. The number of halogens is 1. The molecule has 6 rings (SSSR count). The maximum absolute atomic E-state index is 13.7. The highest BCUT2D eigenvalue weighted by Crippen LogP contribution is 2.48. The Labute approximate surface area is 245 Å². The van der Waals surface area contributed by atoms with Crippen LogP contribution in [0.15, 0.2) is 49.1 Å². The normalized spacial score (nSPS) is 21.5. The summed E-state index contributed by atoms with van der Waals surface area (Å²) >= 11 is 6.44. The van der Waals surface area contributed by atoms with Gasteiger partial charge in [-0.3, -0.25) is 9.20 Å². The maximum atomic E-state index is 13.7. The molecular formula is C31H35ClN8O. The molecule has 2 fully saturated rings. The van der Waals surface area contributed by atoms with Gasteiger partial charge in [0.05, 0.1) is 11.8 Å². The number of rotatable bonds is 9. The number of hydrogen-bond acceptors (Lipinski definition) is 5.